The Morgan fingerprint density at radius 1 is 1.10 bits per heavy atom. The first-order chi connectivity index (χ1) is 14.6. The summed E-state index contributed by atoms with van der Waals surface area (Å²) >= 11 is 6.91. The van der Waals surface area contributed by atoms with E-state index in [0.29, 0.717) is 15.7 Å². The molecule has 1 atom stereocenters. The Kier molecular flexibility index (Phi) is 7.14. The van der Waals surface area contributed by atoms with Crippen molar-refractivity contribution >= 4 is 38.9 Å². The second kappa shape index (κ2) is 9.63. The highest BCUT2D eigenvalue weighted by Crippen LogP contribution is 2.34. The van der Waals surface area contributed by atoms with Gasteiger partial charge in [0.15, 0.2) is 25.1 Å². The normalized spacial score (nSPS) is 13.4. The average molecular weight is 481 g/mol. The van der Waals surface area contributed by atoms with Gasteiger partial charge in [-0.25, -0.2) is 27.8 Å². The monoisotopic (exact) mass is 480 g/mol. The van der Waals surface area contributed by atoms with E-state index in [1.807, 2.05) is 0 Å². The summed E-state index contributed by atoms with van der Waals surface area (Å²) in [6.07, 6.45) is 4.83. The highest BCUT2D eigenvalue weighted by atomic mass is 35.5. The van der Waals surface area contributed by atoms with Crippen LogP contribution in [-0.4, -0.2) is 29.6 Å². The van der Waals surface area contributed by atoms with Gasteiger partial charge in [-0.1, -0.05) is 23.7 Å². The third-order valence-electron chi connectivity index (χ3n) is 4.05. The predicted octanol–water partition coefficient (Wildman–Crippen LogP) is 4.22. The lowest BCUT2D eigenvalue weighted by Gasteiger charge is -2.19. The van der Waals surface area contributed by atoms with Gasteiger partial charge in [-0.2, -0.15) is 0 Å². The minimum absolute atomic E-state index is 0.0695. The molecule has 0 spiro atoms. The lowest BCUT2D eigenvalue weighted by molar-refractivity contribution is 0.156. The van der Waals surface area contributed by atoms with Gasteiger partial charge in [-0.05, 0) is 48.5 Å². The van der Waals surface area contributed by atoms with Crippen LogP contribution in [0.1, 0.15) is 24.2 Å². The number of benzene rings is 1. The first-order valence-electron chi connectivity index (χ1n) is 8.87. The molecule has 11 heteroatoms. The van der Waals surface area contributed by atoms with Gasteiger partial charge in [0, 0.05) is 18.0 Å². The number of nitrogens with zero attached hydrogens (tertiary/aromatic N) is 3. The summed E-state index contributed by atoms with van der Waals surface area (Å²) in [5, 5.41) is 0.923. The summed E-state index contributed by atoms with van der Waals surface area (Å²) in [4.78, 5) is 12.2. The Labute approximate surface area is 188 Å². The molecule has 0 saturated heterocycles. The summed E-state index contributed by atoms with van der Waals surface area (Å²) in [7, 11) is -3.44. The number of nitrogens with two attached hydrogens (primary N) is 1. The molecule has 2 N–H and O–H groups in total. The van der Waals surface area contributed by atoms with Gasteiger partial charge in [0.2, 0.25) is 0 Å². The van der Waals surface area contributed by atoms with E-state index in [-0.39, 0.29) is 21.6 Å². The van der Waals surface area contributed by atoms with E-state index in [1.165, 1.54) is 42.9 Å². The third kappa shape index (κ3) is 6.16. The number of thioether (sulfide) groups is 1. The fourth-order valence-corrected chi connectivity index (χ4v) is 3.87. The molecule has 3 rings (SSSR count). The van der Waals surface area contributed by atoms with E-state index in [2.05, 4.69) is 15.0 Å². The standard InChI is InChI=1S/C20H18ClFN4O3S2/c1-12(13-3-6-16(22)7-4-13)29-19(30-20-25-10-15(21)11-26-20)18(23)14-5-8-17(24-9-14)31(2,27)28/h3-12H,23H2,1-2H3/b19-18+. The molecule has 0 aliphatic heterocycles. The molecule has 0 aliphatic carbocycles. The minimum atomic E-state index is -3.44. The van der Waals surface area contributed by atoms with Crippen molar-refractivity contribution in [3.8, 4) is 0 Å². The molecule has 162 valence electrons. The van der Waals surface area contributed by atoms with Crippen molar-refractivity contribution in [2.75, 3.05) is 6.26 Å². The molecule has 7 nitrogen and oxygen atoms in total. The van der Waals surface area contributed by atoms with E-state index in [0.717, 1.165) is 23.6 Å². The van der Waals surface area contributed by atoms with Gasteiger partial charge in [0.25, 0.3) is 0 Å². The highest BCUT2D eigenvalue weighted by Gasteiger charge is 2.18. The molecule has 0 bridgehead atoms. The van der Waals surface area contributed by atoms with Crippen LogP contribution in [0.25, 0.3) is 5.70 Å². The number of hydrogen-bond acceptors (Lipinski definition) is 8. The number of pyridine rings is 1. The molecule has 0 saturated carbocycles. The first kappa shape index (κ1) is 23.0. The number of ether oxygens (including phenoxy) is 1. The molecule has 0 fully saturated rings. The molecule has 31 heavy (non-hydrogen) atoms. The fraction of sp³-hybridized carbons (Fsp3) is 0.150. The number of rotatable bonds is 7. The Morgan fingerprint density at radius 3 is 2.29 bits per heavy atom. The molecule has 3 aromatic rings. The smallest absolute Gasteiger partial charge is 0.195 e. The molecule has 0 aliphatic rings. The number of aromatic nitrogens is 3. The van der Waals surface area contributed by atoms with Gasteiger partial charge in [0.1, 0.15) is 11.9 Å². The third-order valence-corrected chi connectivity index (χ3v) is 6.14. The van der Waals surface area contributed by atoms with Crippen LogP contribution in [0.4, 0.5) is 4.39 Å². The Bertz CT molecular complexity index is 1190. The van der Waals surface area contributed by atoms with Crippen LogP contribution < -0.4 is 5.73 Å². The lowest BCUT2D eigenvalue weighted by atomic mass is 10.1. The maximum Gasteiger partial charge on any atom is 0.195 e. The molecule has 1 aromatic carbocycles. The van der Waals surface area contributed by atoms with E-state index >= 15 is 0 Å². The summed E-state index contributed by atoms with van der Waals surface area (Å²) in [5.41, 5.74) is 7.73. The quantitative estimate of drug-likeness (QED) is 0.304. The van der Waals surface area contributed by atoms with Crippen LogP contribution >= 0.6 is 23.4 Å². The molecular weight excluding hydrogens is 463 g/mol. The number of halogens is 2. The molecule has 2 heterocycles. The van der Waals surface area contributed by atoms with Crippen LogP contribution in [0.5, 0.6) is 0 Å². The lowest BCUT2D eigenvalue weighted by Crippen LogP contribution is -2.08. The summed E-state index contributed by atoms with van der Waals surface area (Å²) < 4.78 is 42.6. The summed E-state index contributed by atoms with van der Waals surface area (Å²) in [5.74, 6) is -0.354. The average Bonchev–Trinajstić information content (AvgIpc) is 2.74. The fourth-order valence-electron chi connectivity index (χ4n) is 2.42. The SMILES string of the molecule is CC(O/C(Sc1ncc(Cl)cn1)=C(\N)c1ccc(S(C)(=O)=O)nc1)c1ccc(F)cc1. The van der Waals surface area contributed by atoms with Crippen molar-refractivity contribution < 1.29 is 17.5 Å². The maximum atomic E-state index is 13.2. The van der Waals surface area contributed by atoms with E-state index in [1.54, 1.807) is 19.1 Å². The predicted molar refractivity (Wildman–Crippen MR) is 117 cm³/mol. The van der Waals surface area contributed by atoms with Crippen LogP contribution in [0.2, 0.25) is 5.02 Å². The van der Waals surface area contributed by atoms with Gasteiger partial charge in [-0.3, -0.25) is 0 Å². The Morgan fingerprint density at radius 2 is 1.74 bits per heavy atom. The largest absolute Gasteiger partial charge is 0.477 e. The molecule has 2 aromatic heterocycles. The Balaban J connectivity index is 1.96. The van der Waals surface area contributed by atoms with Crippen LogP contribution in [0.15, 0.2) is 70.3 Å². The van der Waals surface area contributed by atoms with E-state index in [4.69, 9.17) is 22.1 Å². The van der Waals surface area contributed by atoms with Gasteiger partial charge in [-0.15, -0.1) is 0 Å². The number of sulfone groups is 1. The van der Waals surface area contributed by atoms with Crippen molar-refractivity contribution in [3.63, 3.8) is 0 Å². The summed E-state index contributed by atoms with van der Waals surface area (Å²) in [6.45, 7) is 1.79. The molecule has 1 unspecified atom stereocenters. The Hall–Kier alpha value is -2.69. The zero-order valence-electron chi connectivity index (χ0n) is 16.5. The van der Waals surface area contributed by atoms with Crippen LogP contribution in [-0.2, 0) is 14.6 Å². The zero-order valence-corrected chi connectivity index (χ0v) is 18.9. The topological polar surface area (TPSA) is 108 Å². The van der Waals surface area contributed by atoms with Crippen molar-refractivity contribution in [2.45, 2.75) is 23.2 Å². The molecular formula is C20H18ClFN4O3S2. The second-order valence-corrected chi connectivity index (χ2v) is 9.80. The van der Waals surface area contributed by atoms with Crippen molar-refractivity contribution in [2.24, 2.45) is 5.73 Å². The minimum Gasteiger partial charge on any atom is -0.477 e. The van der Waals surface area contributed by atoms with E-state index < -0.39 is 15.9 Å². The second-order valence-electron chi connectivity index (χ2n) is 6.46. The van der Waals surface area contributed by atoms with Crippen molar-refractivity contribution in [3.05, 3.63) is 82.0 Å². The van der Waals surface area contributed by atoms with Crippen molar-refractivity contribution in [1.82, 2.24) is 15.0 Å². The highest BCUT2D eigenvalue weighted by molar-refractivity contribution is 8.02. The van der Waals surface area contributed by atoms with Crippen LogP contribution in [0, 0.1) is 5.82 Å². The van der Waals surface area contributed by atoms with Gasteiger partial charge in [0.05, 0.1) is 23.1 Å². The molecule has 0 amide bonds. The van der Waals surface area contributed by atoms with Crippen molar-refractivity contribution in [1.29, 1.82) is 0 Å². The van der Waals surface area contributed by atoms with E-state index in [9.17, 15) is 12.8 Å². The van der Waals surface area contributed by atoms with Gasteiger partial charge >= 0.3 is 0 Å². The molecule has 0 radical (unpaired) electrons. The van der Waals surface area contributed by atoms with Gasteiger partial charge < -0.3 is 10.5 Å². The maximum absolute atomic E-state index is 13.2. The summed E-state index contributed by atoms with van der Waals surface area (Å²) in [6, 6.07) is 8.80. The zero-order chi connectivity index (χ0) is 22.6. The first-order valence-corrected chi connectivity index (χ1v) is 12.0. The van der Waals surface area contributed by atoms with Crippen LogP contribution in [0.3, 0.4) is 0 Å². The number of hydrogen-bond donors (Lipinski definition) is 1.